The van der Waals surface area contributed by atoms with Crippen LogP contribution in [-0.2, 0) is 16.1 Å². The fraction of sp³-hybridized carbons (Fsp3) is 0.591. The number of thioether (sulfide) groups is 1. The number of aromatic nitrogens is 3. The molecule has 1 saturated carbocycles. The zero-order valence-corrected chi connectivity index (χ0v) is 18.4. The standard InChI is InChI=1S/C22H31N5O2S/c1-17-7-5-6-10-19(17)23-21(28)16-30-22-25-24-20(15-26-11-13-29-14-12-26)27(22)18-8-3-2-4-9-18/h2-4,8-9,17,19H,5-7,10-16H2,1H3,(H,23,28)/t17-,19+/m1/s1. The van der Waals surface area contributed by atoms with Gasteiger partial charge in [0.15, 0.2) is 11.0 Å². The first kappa shape index (κ1) is 21.3. The molecule has 8 heteroatoms. The van der Waals surface area contributed by atoms with E-state index in [4.69, 9.17) is 4.74 Å². The van der Waals surface area contributed by atoms with E-state index in [0.717, 1.165) is 55.9 Å². The lowest BCUT2D eigenvalue weighted by Crippen LogP contribution is -2.41. The molecule has 0 unspecified atom stereocenters. The maximum atomic E-state index is 12.6. The van der Waals surface area contributed by atoms with Crippen LogP contribution in [0.15, 0.2) is 35.5 Å². The third kappa shape index (κ3) is 5.42. The van der Waals surface area contributed by atoms with Crippen LogP contribution in [0, 0.1) is 5.92 Å². The molecular weight excluding hydrogens is 398 g/mol. The van der Waals surface area contributed by atoms with Crippen LogP contribution in [0.25, 0.3) is 5.69 Å². The molecule has 1 aliphatic carbocycles. The van der Waals surface area contributed by atoms with E-state index < -0.39 is 0 Å². The van der Waals surface area contributed by atoms with Crippen LogP contribution in [0.5, 0.6) is 0 Å². The molecule has 30 heavy (non-hydrogen) atoms. The Labute approximate surface area is 182 Å². The van der Waals surface area contributed by atoms with E-state index >= 15 is 0 Å². The smallest absolute Gasteiger partial charge is 0.230 e. The third-order valence-electron chi connectivity index (χ3n) is 5.97. The fourth-order valence-corrected chi connectivity index (χ4v) is 4.98. The highest BCUT2D eigenvalue weighted by molar-refractivity contribution is 7.99. The van der Waals surface area contributed by atoms with Crippen LogP contribution in [0.3, 0.4) is 0 Å². The van der Waals surface area contributed by atoms with E-state index in [9.17, 15) is 4.79 Å². The van der Waals surface area contributed by atoms with E-state index in [-0.39, 0.29) is 5.91 Å². The maximum Gasteiger partial charge on any atom is 0.230 e. The van der Waals surface area contributed by atoms with Crippen LogP contribution in [0.2, 0.25) is 0 Å². The predicted octanol–water partition coefficient (Wildman–Crippen LogP) is 2.89. The Morgan fingerprint density at radius 1 is 1.17 bits per heavy atom. The van der Waals surface area contributed by atoms with Gasteiger partial charge in [0.25, 0.3) is 0 Å². The van der Waals surface area contributed by atoms with Crippen molar-refractivity contribution in [3.8, 4) is 5.69 Å². The second-order valence-corrected chi connectivity index (χ2v) is 9.13. The minimum Gasteiger partial charge on any atom is -0.379 e. The number of benzene rings is 1. The van der Waals surface area contributed by atoms with Gasteiger partial charge in [-0.25, -0.2) is 0 Å². The van der Waals surface area contributed by atoms with Crippen LogP contribution in [0.1, 0.15) is 38.4 Å². The quantitative estimate of drug-likeness (QED) is 0.683. The molecule has 2 atom stereocenters. The van der Waals surface area contributed by atoms with E-state index in [0.29, 0.717) is 17.7 Å². The first-order valence-electron chi connectivity index (χ1n) is 10.9. The van der Waals surface area contributed by atoms with Crippen molar-refractivity contribution < 1.29 is 9.53 Å². The van der Waals surface area contributed by atoms with Gasteiger partial charge in [-0.05, 0) is 30.9 Å². The summed E-state index contributed by atoms with van der Waals surface area (Å²) in [5.41, 5.74) is 1.02. The number of morpholine rings is 1. The summed E-state index contributed by atoms with van der Waals surface area (Å²) < 4.78 is 7.54. The van der Waals surface area contributed by atoms with Gasteiger partial charge in [-0.2, -0.15) is 0 Å². The predicted molar refractivity (Wildman–Crippen MR) is 118 cm³/mol. The normalized spacial score (nSPS) is 22.7. The number of ether oxygens (including phenoxy) is 1. The monoisotopic (exact) mass is 429 g/mol. The summed E-state index contributed by atoms with van der Waals surface area (Å²) in [6.07, 6.45) is 4.76. The topological polar surface area (TPSA) is 72.3 Å². The number of nitrogens with zero attached hydrogens (tertiary/aromatic N) is 4. The average Bonchev–Trinajstić information content (AvgIpc) is 3.17. The number of hydrogen-bond acceptors (Lipinski definition) is 6. The molecule has 1 saturated heterocycles. The van der Waals surface area contributed by atoms with Gasteiger partial charge >= 0.3 is 0 Å². The summed E-state index contributed by atoms with van der Waals surface area (Å²) >= 11 is 1.46. The number of carbonyl (C=O) groups excluding carboxylic acids is 1. The van der Waals surface area contributed by atoms with E-state index in [1.807, 2.05) is 18.2 Å². The first-order chi connectivity index (χ1) is 14.7. The van der Waals surface area contributed by atoms with Gasteiger partial charge in [-0.15, -0.1) is 10.2 Å². The summed E-state index contributed by atoms with van der Waals surface area (Å²) in [5.74, 6) is 1.88. The molecular formula is C22H31N5O2S. The average molecular weight is 430 g/mol. The van der Waals surface area contributed by atoms with Crippen molar-refractivity contribution >= 4 is 17.7 Å². The number of hydrogen-bond donors (Lipinski definition) is 1. The zero-order chi connectivity index (χ0) is 20.8. The van der Waals surface area contributed by atoms with Crippen LogP contribution >= 0.6 is 11.8 Å². The highest BCUT2D eigenvalue weighted by Crippen LogP contribution is 2.25. The highest BCUT2D eigenvalue weighted by Gasteiger charge is 2.24. The van der Waals surface area contributed by atoms with Gasteiger partial charge in [0, 0.05) is 24.8 Å². The van der Waals surface area contributed by atoms with Gasteiger partial charge in [0.05, 0.1) is 25.5 Å². The molecule has 1 N–H and O–H groups in total. The van der Waals surface area contributed by atoms with Crippen molar-refractivity contribution in [1.82, 2.24) is 25.0 Å². The Kier molecular flexibility index (Phi) is 7.41. The molecule has 2 fully saturated rings. The molecule has 2 aromatic rings. The van der Waals surface area contributed by atoms with Gasteiger partial charge in [-0.3, -0.25) is 14.3 Å². The first-order valence-corrected chi connectivity index (χ1v) is 11.9. The van der Waals surface area contributed by atoms with Gasteiger partial charge in [-0.1, -0.05) is 49.7 Å². The molecule has 7 nitrogen and oxygen atoms in total. The number of carbonyl (C=O) groups is 1. The molecule has 2 aliphatic rings. The van der Waals surface area contributed by atoms with Gasteiger partial charge in [0.2, 0.25) is 5.91 Å². The number of amides is 1. The summed E-state index contributed by atoms with van der Waals surface area (Å²) in [6.45, 7) is 6.25. The van der Waals surface area contributed by atoms with Gasteiger partial charge in [0.1, 0.15) is 0 Å². The summed E-state index contributed by atoms with van der Waals surface area (Å²) in [5, 5.41) is 12.9. The van der Waals surface area contributed by atoms with E-state index in [1.165, 1.54) is 31.0 Å². The van der Waals surface area contributed by atoms with Crippen molar-refractivity contribution in [3.63, 3.8) is 0 Å². The lowest BCUT2D eigenvalue weighted by atomic mass is 9.86. The molecule has 0 bridgehead atoms. The van der Waals surface area contributed by atoms with E-state index in [2.05, 4.69) is 44.0 Å². The van der Waals surface area contributed by atoms with Gasteiger partial charge < -0.3 is 10.1 Å². The highest BCUT2D eigenvalue weighted by atomic mass is 32.2. The molecule has 0 radical (unpaired) electrons. The van der Waals surface area contributed by atoms with Crippen molar-refractivity contribution in [1.29, 1.82) is 0 Å². The number of rotatable bonds is 7. The van der Waals surface area contributed by atoms with Crippen LogP contribution < -0.4 is 5.32 Å². The Balaban J connectivity index is 1.44. The van der Waals surface area contributed by atoms with Crippen molar-refractivity contribution in [2.45, 2.75) is 50.4 Å². The Morgan fingerprint density at radius 2 is 1.93 bits per heavy atom. The SMILES string of the molecule is C[C@@H]1CCCC[C@@H]1NC(=O)CSc1nnc(CN2CCOCC2)n1-c1ccccc1. The lowest BCUT2D eigenvalue weighted by molar-refractivity contribution is -0.119. The Morgan fingerprint density at radius 3 is 2.70 bits per heavy atom. The molecule has 4 rings (SSSR count). The number of para-hydroxylation sites is 1. The van der Waals surface area contributed by atoms with Crippen molar-refractivity contribution in [2.24, 2.45) is 5.92 Å². The summed E-state index contributed by atoms with van der Waals surface area (Å²) in [7, 11) is 0. The second kappa shape index (κ2) is 10.4. The second-order valence-electron chi connectivity index (χ2n) is 8.18. The molecule has 2 heterocycles. The van der Waals surface area contributed by atoms with Crippen LogP contribution in [0.4, 0.5) is 0 Å². The third-order valence-corrected chi connectivity index (χ3v) is 6.90. The fourth-order valence-electron chi connectivity index (χ4n) is 4.20. The molecule has 1 aliphatic heterocycles. The minimum absolute atomic E-state index is 0.0797. The maximum absolute atomic E-state index is 12.6. The molecule has 0 spiro atoms. The minimum atomic E-state index is 0.0797. The van der Waals surface area contributed by atoms with Crippen LogP contribution in [-0.4, -0.2) is 63.7 Å². The summed E-state index contributed by atoms with van der Waals surface area (Å²) in [6, 6.07) is 10.4. The van der Waals surface area contributed by atoms with Crippen molar-refractivity contribution in [2.75, 3.05) is 32.1 Å². The Bertz CT molecular complexity index is 822. The Hall–Kier alpha value is -1.90. The van der Waals surface area contributed by atoms with Crippen molar-refractivity contribution in [3.05, 3.63) is 36.2 Å². The molecule has 162 valence electrons. The molecule has 1 aromatic heterocycles. The summed E-state index contributed by atoms with van der Waals surface area (Å²) in [4.78, 5) is 14.9. The molecule has 1 aromatic carbocycles. The number of nitrogens with one attached hydrogen (secondary N) is 1. The molecule has 1 amide bonds. The lowest BCUT2D eigenvalue weighted by Gasteiger charge is -2.29. The largest absolute Gasteiger partial charge is 0.379 e. The zero-order valence-electron chi connectivity index (χ0n) is 17.6. The van der Waals surface area contributed by atoms with E-state index in [1.54, 1.807) is 0 Å².